The normalized spacial score (nSPS) is 19.8. The van der Waals surface area contributed by atoms with E-state index in [-0.39, 0.29) is 17.7 Å². The van der Waals surface area contributed by atoms with Crippen LogP contribution in [-0.4, -0.2) is 63.1 Å². The quantitative estimate of drug-likeness (QED) is 0.736. The number of nitrogens with one attached hydrogen (secondary N) is 1. The molecule has 1 aliphatic heterocycles. The number of nitrogens with zero attached hydrogens (tertiary/aromatic N) is 4. The number of likely N-dealkylation sites (tertiary alicyclic amines) is 1. The van der Waals surface area contributed by atoms with Crippen LogP contribution in [0, 0.1) is 13.8 Å². The van der Waals surface area contributed by atoms with Crippen LogP contribution in [0.4, 0.5) is 0 Å². The molecule has 2 amide bonds. The Morgan fingerprint density at radius 1 is 1.19 bits per heavy atom. The number of carbonyl (C=O) groups is 2. The van der Waals surface area contributed by atoms with E-state index in [0.29, 0.717) is 31.0 Å². The molecule has 0 aromatic carbocycles. The van der Waals surface area contributed by atoms with E-state index in [9.17, 15) is 9.59 Å². The minimum Gasteiger partial charge on any atom is -0.361 e. The lowest BCUT2D eigenvalue weighted by Crippen LogP contribution is -2.41. The topological polar surface area (TPSA) is 95.3 Å². The Hall–Kier alpha value is -2.64. The second-order valence-corrected chi connectivity index (χ2v) is 9.39. The fourth-order valence-corrected chi connectivity index (χ4v) is 5.29. The molecule has 3 heterocycles. The van der Waals surface area contributed by atoms with Crippen molar-refractivity contribution in [3.8, 4) is 0 Å². The Labute approximate surface area is 189 Å². The van der Waals surface area contributed by atoms with E-state index in [0.717, 1.165) is 54.9 Å². The smallest absolute Gasteiger partial charge is 0.257 e. The van der Waals surface area contributed by atoms with Crippen molar-refractivity contribution >= 4 is 11.8 Å². The van der Waals surface area contributed by atoms with Crippen LogP contribution < -0.4 is 0 Å². The second kappa shape index (κ2) is 9.88. The molecule has 8 heteroatoms. The summed E-state index contributed by atoms with van der Waals surface area (Å²) in [5, 5.41) is 11.3. The Morgan fingerprint density at radius 3 is 2.69 bits per heavy atom. The van der Waals surface area contributed by atoms with Gasteiger partial charge in [0.05, 0.1) is 23.1 Å². The summed E-state index contributed by atoms with van der Waals surface area (Å²) in [5.74, 6) is 1.08. The Bertz CT molecular complexity index is 924. The van der Waals surface area contributed by atoms with Crippen LogP contribution in [0.1, 0.15) is 90.4 Å². The number of aryl methyl sites for hydroxylation is 2. The third-order valence-corrected chi connectivity index (χ3v) is 7.29. The van der Waals surface area contributed by atoms with Crippen LogP contribution >= 0.6 is 0 Å². The highest BCUT2D eigenvalue weighted by molar-refractivity contribution is 5.95. The number of aromatic nitrogens is 3. The predicted octanol–water partition coefficient (Wildman–Crippen LogP) is 3.76. The lowest BCUT2D eigenvalue weighted by atomic mass is 9.91. The molecule has 1 N–H and O–H groups in total. The van der Waals surface area contributed by atoms with Gasteiger partial charge in [0, 0.05) is 44.1 Å². The molecule has 32 heavy (non-hydrogen) atoms. The first-order chi connectivity index (χ1) is 15.5. The SMILES string of the molecule is Cc1noc(C)c1CCC(=O)N1CCCC(c2[nH]ncc2C(=O)N(C)C2CCCCC2)C1. The molecule has 2 fully saturated rings. The van der Waals surface area contributed by atoms with Gasteiger partial charge in [-0.25, -0.2) is 0 Å². The molecule has 174 valence electrons. The zero-order valence-corrected chi connectivity index (χ0v) is 19.5. The maximum Gasteiger partial charge on any atom is 0.257 e. The predicted molar refractivity (Wildman–Crippen MR) is 120 cm³/mol. The van der Waals surface area contributed by atoms with Gasteiger partial charge in [-0.3, -0.25) is 14.7 Å². The first-order valence-electron chi connectivity index (χ1n) is 12.0. The van der Waals surface area contributed by atoms with Gasteiger partial charge in [-0.05, 0) is 46.0 Å². The molecule has 2 aromatic rings. The van der Waals surface area contributed by atoms with E-state index in [2.05, 4.69) is 15.4 Å². The third kappa shape index (κ3) is 4.74. The van der Waals surface area contributed by atoms with E-state index in [1.807, 2.05) is 30.7 Å². The maximum atomic E-state index is 13.3. The molecule has 2 aromatic heterocycles. The molecule has 1 saturated carbocycles. The molecule has 1 saturated heterocycles. The summed E-state index contributed by atoms with van der Waals surface area (Å²) in [6.07, 6.45) is 10.4. The van der Waals surface area contributed by atoms with E-state index in [1.165, 1.54) is 19.3 Å². The average molecular weight is 442 g/mol. The Balaban J connectivity index is 1.40. The minimum atomic E-state index is 0.0440. The number of rotatable bonds is 6. The summed E-state index contributed by atoms with van der Waals surface area (Å²) in [5.41, 5.74) is 3.42. The fourth-order valence-electron chi connectivity index (χ4n) is 5.29. The molecule has 8 nitrogen and oxygen atoms in total. The first kappa shape index (κ1) is 22.6. The summed E-state index contributed by atoms with van der Waals surface area (Å²) in [7, 11) is 1.92. The van der Waals surface area contributed by atoms with Crippen molar-refractivity contribution in [3.05, 3.63) is 34.5 Å². The van der Waals surface area contributed by atoms with E-state index in [1.54, 1.807) is 6.20 Å². The molecule has 1 unspecified atom stereocenters. The van der Waals surface area contributed by atoms with Crippen molar-refractivity contribution in [2.24, 2.45) is 0 Å². The zero-order valence-electron chi connectivity index (χ0n) is 19.5. The van der Waals surface area contributed by atoms with Gasteiger partial charge in [0.1, 0.15) is 5.76 Å². The summed E-state index contributed by atoms with van der Waals surface area (Å²) in [6.45, 7) is 5.18. The fraction of sp³-hybridized carbons (Fsp3) is 0.667. The van der Waals surface area contributed by atoms with Crippen LogP contribution in [0.15, 0.2) is 10.7 Å². The van der Waals surface area contributed by atoms with E-state index < -0.39 is 0 Å². The highest BCUT2D eigenvalue weighted by atomic mass is 16.5. The van der Waals surface area contributed by atoms with Crippen molar-refractivity contribution in [1.29, 1.82) is 0 Å². The Morgan fingerprint density at radius 2 is 1.97 bits per heavy atom. The average Bonchev–Trinajstić information content (AvgIpc) is 3.44. The van der Waals surface area contributed by atoms with E-state index in [4.69, 9.17) is 4.52 Å². The van der Waals surface area contributed by atoms with Gasteiger partial charge < -0.3 is 14.3 Å². The van der Waals surface area contributed by atoms with Crippen LogP contribution in [0.5, 0.6) is 0 Å². The van der Waals surface area contributed by atoms with Gasteiger partial charge in [0.15, 0.2) is 0 Å². The number of hydrogen-bond acceptors (Lipinski definition) is 5. The van der Waals surface area contributed by atoms with Crippen molar-refractivity contribution < 1.29 is 14.1 Å². The maximum absolute atomic E-state index is 13.3. The molecular formula is C24H35N5O3. The number of piperidine rings is 1. The standard InChI is InChI=1S/C24H35N5O3/c1-16-20(17(2)32-27-16)11-12-22(30)29-13-7-8-18(15-29)23-21(14-25-26-23)24(31)28(3)19-9-5-4-6-10-19/h14,18-19H,4-13,15H2,1-3H3,(H,25,26). The molecule has 4 rings (SSSR count). The lowest BCUT2D eigenvalue weighted by molar-refractivity contribution is -0.132. The summed E-state index contributed by atoms with van der Waals surface area (Å²) in [4.78, 5) is 30.0. The molecule has 0 spiro atoms. The Kier molecular flexibility index (Phi) is 6.96. The number of H-pyrrole nitrogens is 1. The van der Waals surface area contributed by atoms with Crippen molar-refractivity contribution in [1.82, 2.24) is 25.2 Å². The number of amides is 2. The highest BCUT2D eigenvalue weighted by Crippen LogP contribution is 2.30. The van der Waals surface area contributed by atoms with Crippen molar-refractivity contribution in [3.63, 3.8) is 0 Å². The third-order valence-electron chi connectivity index (χ3n) is 7.29. The highest BCUT2D eigenvalue weighted by Gasteiger charge is 2.31. The second-order valence-electron chi connectivity index (χ2n) is 9.39. The molecule has 2 aliphatic rings. The number of aromatic amines is 1. The van der Waals surface area contributed by atoms with Crippen LogP contribution in [0.25, 0.3) is 0 Å². The van der Waals surface area contributed by atoms with Gasteiger partial charge in [0.25, 0.3) is 5.91 Å². The van der Waals surface area contributed by atoms with Crippen molar-refractivity contribution in [2.75, 3.05) is 20.1 Å². The minimum absolute atomic E-state index is 0.0440. The summed E-state index contributed by atoms with van der Waals surface area (Å²) < 4.78 is 5.22. The van der Waals surface area contributed by atoms with Gasteiger partial charge >= 0.3 is 0 Å². The number of hydrogen-bond donors (Lipinski definition) is 1. The monoisotopic (exact) mass is 441 g/mol. The van der Waals surface area contributed by atoms with Gasteiger partial charge in [0.2, 0.25) is 5.91 Å². The lowest BCUT2D eigenvalue weighted by Gasteiger charge is -2.34. The number of carbonyl (C=O) groups excluding carboxylic acids is 2. The van der Waals surface area contributed by atoms with Crippen LogP contribution in [0.3, 0.4) is 0 Å². The molecule has 1 atom stereocenters. The molecule has 0 bridgehead atoms. The summed E-state index contributed by atoms with van der Waals surface area (Å²) >= 11 is 0. The molecule has 0 radical (unpaired) electrons. The van der Waals surface area contributed by atoms with Crippen LogP contribution in [0.2, 0.25) is 0 Å². The van der Waals surface area contributed by atoms with E-state index >= 15 is 0 Å². The molecular weight excluding hydrogens is 406 g/mol. The van der Waals surface area contributed by atoms with Gasteiger partial charge in [-0.1, -0.05) is 24.4 Å². The summed E-state index contributed by atoms with van der Waals surface area (Å²) in [6, 6.07) is 0.313. The first-order valence-corrected chi connectivity index (χ1v) is 12.0. The molecule has 1 aliphatic carbocycles. The van der Waals surface area contributed by atoms with Gasteiger partial charge in [-0.2, -0.15) is 5.10 Å². The zero-order chi connectivity index (χ0) is 22.7. The van der Waals surface area contributed by atoms with Gasteiger partial charge in [-0.15, -0.1) is 0 Å². The van der Waals surface area contributed by atoms with Crippen LogP contribution in [-0.2, 0) is 11.2 Å². The largest absolute Gasteiger partial charge is 0.361 e. The van der Waals surface area contributed by atoms with Crippen molar-refractivity contribution in [2.45, 2.75) is 83.6 Å².